The Labute approximate surface area is 105 Å². The van der Waals surface area contributed by atoms with Crippen LogP contribution >= 0.6 is 0 Å². The minimum atomic E-state index is 0.484. The highest BCUT2D eigenvalue weighted by Gasteiger charge is 2.26. The van der Waals surface area contributed by atoms with E-state index in [1.54, 1.807) is 6.26 Å². The van der Waals surface area contributed by atoms with E-state index in [9.17, 15) is 0 Å². The minimum absolute atomic E-state index is 0.484. The van der Waals surface area contributed by atoms with E-state index < -0.39 is 0 Å². The fourth-order valence-corrected chi connectivity index (χ4v) is 2.71. The summed E-state index contributed by atoms with van der Waals surface area (Å²) in [5.74, 6) is 2.75. The normalized spacial score (nSPS) is 20.9. The lowest BCUT2D eigenvalue weighted by atomic mass is 9.94. The molecule has 17 heavy (non-hydrogen) atoms. The molecular weight excluding hydrogens is 210 g/mol. The molecule has 0 radical (unpaired) electrons. The molecule has 2 rings (SSSR count). The van der Waals surface area contributed by atoms with Gasteiger partial charge in [-0.2, -0.15) is 0 Å². The van der Waals surface area contributed by atoms with Crippen molar-refractivity contribution in [2.24, 2.45) is 11.8 Å². The van der Waals surface area contributed by atoms with Crippen molar-refractivity contribution in [3.8, 4) is 0 Å². The van der Waals surface area contributed by atoms with Crippen molar-refractivity contribution in [1.82, 2.24) is 4.90 Å². The topological polar surface area (TPSA) is 16.4 Å². The summed E-state index contributed by atoms with van der Waals surface area (Å²) in [5.41, 5.74) is 0. The quantitative estimate of drug-likeness (QED) is 0.781. The average molecular weight is 235 g/mol. The standard InChI is InChI=1S/C15H25NO/c1-12(2)11-14(15-5-4-10-17-15)16-8-6-13(3)7-9-16/h4-5,10,12-14H,6-9,11H2,1-3H3. The van der Waals surface area contributed by atoms with Crippen LogP contribution in [0.25, 0.3) is 0 Å². The van der Waals surface area contributed by atoms with E-state index in [4.69, 9.17) is 4.42 Å². The summed E-state index contributed by atoms with van der Waals surface area (Å²) in [6, 6.07) is 4.62. The molecule has 0 N–H and O–H groups in total. The van der Waals surface area contributed by atoms with Gasteiger partial charge in [-0.1, -0.05) is 20.8 Å². The highest BCUT2D eigenvalue weighted by Crippen LogP contribution is 2.31. The molecule has 1 aliphatic rings. The van der Waals surface area contributed by atoms with Crippen LogP contribution in [0.1, 0.15) is 51.8 Å². The van der Waals surface area contributed by atoms with Crippen molar-refractivity contribution in [2.45, 2.75) is 46.1 Å². The lowest BCUT2D eigenvalue weighted by molar-refractivity contribution is 0.108. The zero-order valence-corrected chi connectivity index (χ0v) is 11.4. The molecule has 0 aliphatic carbocycles. The van der Waals surface area contributed by atoms with E-state index in [1.165, 1.54) is 32.4 Å². The molecule has 0 aromatic carbocycles. The predicted octanol–water partition coefficient (Wildman–Crippen LogP) is 4.10. The molecule has 1 aromatic rings. The number of hydrogen-bond donors (Lipinski definition) is 0. The molecule has 0 bridgehead atoms. The van der Waals surface area contributed by atoms with Gasteiger partial charge in [0.15, 0.2) is 0 Å². The van der Waals surface area contributed by atoms with Crippen LogP contribution in [0.5, 0.6) is 0 Å². The second-order valence-electron chi connectivity index (χ2n) is 5.88. The predicted molar refractivity (Wildman–Crippen MR) is 70.9 cm³/mol. The third-order valence-corrected chi connectivity index (χ3v) is 3.83. The Morgan fingerprint density at radius 2 is 2.06 bits per heavy atom. The first kappa shape index (κ1) is 12.7. The second kappa shape index (κ2) is 5.72. The van der Waals surface area contributed by atoms with Gasteiger partial charge in [0.1, 0.15) is 5.76 Å². The summed E-state index contributed by atoms with van der Waals surface area (Å²) in [4.78, 5) is 2.61. The van der Waals surface area contributed by atoms with Crippen LogP contribution in [-0.2, 0) is 0 Å². The molecule has 1 unspecified atom stereocenters. The lowest BCUT2D eigenvalue weighted by Gasteiger charge is -2.36. The highest BCUT2D eigenvalue weighted by molar-refractivity contribution is 5.05. The Bertz CT molecular complexity index is 310. The molecule has 1 aliphatic heterocycles. The molecule has 0 saturated carbocycles. The zero-order valence-electron chi connectivity index (χ0n) is 11.4. The molecule has 0 spiro atoms. The van der Waals surface area contributed by atoms with Gasteiger partial charge >= 0.3 is 0 Å². The summed E-state index contributed by atoms with van der Waals surface area (Å²) in [6.07, 6.45) is 5.65. The van der Waals surface area contributed by atoms with Crippen molar-refractivity contribution in [1.29, 1.82) is 0 Å². The van der Waals surface area contributed by atoms with Crippen LogP contribution in [0.3, 0.4) is 0 Å². The molecule has 2 heterocycles. The van der Waals surface area contributed by atoms with E-state index in [2.05, 4.69) is 31.7 Å². The van der Waals surface area contributed by atoms with Gasteiger partial charge < -0.3 is 4.42 Å². The van der Waals surface area contributed by atoms with Crippen molar-refractivity contribution >= 4 is 0 Å². The average Bonchev–Trinajstić information content (AvgIpc) is 2.80. The maximum atomic E-state index is 5.63. The summed E-state index contributed by atoms with van der Waals surface area (Å²) in [6.45, 7) is 9.39. The number of likely N-dealkylation sites (tertiary alicyclic amines) is 1. The fraction of sp³-hybridized carbons (Fsp3) is 0.733. The molecule has 1 atom stereocenters. The Morgan fingerprint density at radius 1 is 1.35 bits per heavy atom. The largest absolute Gasteiger partial charge is 0.468 e. The van der Waals surface area contributed by atoms with E-state index in [0.717, 1.165) is 11.7 Å². The Hall–Kier alpha value is -0.760. The Morgan fingerprint density at radius 3 is 2.59 bits per heavy atom. The molecule has 2 heteroatoms. The van der Waals surface area contributed by atoms with E-state index in [1.807, 2.05) is 6.07 Å². The smallest absolute Gasteiger partial charge is 0.120 e. The van der Waals surface area contributed by atoms with Crippen LogP contribution in [0.2, 0.25) is 0 Å². The second-order valence-corrected chi connectivity index (χ2v) is 5.88. The van der Waals surface area contributed by atoms with Gasteiger partial charge in [-0.15, -0.1) is 0 Å². The number of nitrogens with zero attached hydrogens (tertiary/aromatic N) is 1. The van der Waals surface area contributed by atoms with Crippen molar-refractivity contribution in [3.63, 3.8) is 0 Å². The first-order valence-electron chi connectivity index (χ1n) is 6.94. The maximum Gasteiger partial charge on any atom is 0.120 e. The minimum Gasteiger partial charge on any atom is -0.468 e. The summed E-state index contributed by atoms with van der Waals surface area (Å²) >= 11 is 0. The van der Waals surface area contributed by atoms with Crippen LogP contribution in [-0.4, -0.2) is 18.0 Å². The Balaban J connectivity index is 2.05. The van der Waals surface area contributed by atoms with Gasteiger partial charge in [-0.25, -0.2) is 0 Å². The first-order chi connectivity index (χ1) is 8.16. The SMILES string of the molecule is CC(C)CC(c1ccco1)N1CCC(C)CC1. The molecule has 2 nitrogen and oxygen atoms in total. The van der Waals surface area contributed by atoms with E-state index >= 15 is 0 Å². The molecule has 1 saturated heterocycles. The van der Waals surface area contributed by atoms with Gasteiger partial charge in [0.25, 0.3) is 0 Å². The number of furan rings is 1. The van der Waals surface area contributed by atoms with Crippen molar-refractivity contribution in [2.75, 3.05) is 13.1 Å². The summed E-state index contributed by atoms with van der Waals surface area (Å²) < 4.78 is 5.63. The first-order valence-corrected chi connectivity index (χ1v) is 6.94. The monoisotopic (exact) mass is 235 g/mol. The number of piperidine rings is 1. The highest BCUT2D eigenvalue weighted by atomic mass is 16.3. The summed E-state index contributed by atoms with van der Waals surface area (Å²) in [5, 5.41) is 0. The zero-order chi connectivity index (χ0) is 12.3. The van der Waals surface area contributed by atoms with Gasteiger partial charge in [0, 0.05) is 0 Å². The molecular formula is C15H25NO. The number of hydrogen-bond acceptors (Lipinski definition) is 2. The van der Waals surface area contributed by atoms with Crippen molar-refractivity contribution in [3.05, 3.63) is 24.2 Å². The Kier molecular flexibility index (Phi) is 4.27. The third kappa shape index (κ3) is 3.35. The van der Waals surface area contributed by atoms with Crippen LogP contribution < -0.4 is 0 Å². The lowest BCUT2D eigenvalue weighted by Crippen LogP contribution is -2.36. The maximum absolute atomic E-state index is 5.63. The van der Waals surface area contributed by atoms with Crippen molar-refractivity contribution < 1.29 is 4.42 Å². The van der Waals surface area contributed by atoms with Crippen LogP contribution in [0.15, 0.2) is 22.8 Å². The molecule has 96 valence electrons. The summed E-state index contributed by atoms with van der Waals surface area (Å²) in [7, 11) is 0. The fourth-order valence-electron chi connectivity index (χ4n) is 2.71. The van der Waals surface area contributed by atoms with Gasteiger partial charge in [0.05, 0.1) is 12.3 Å². The third-order valence-electron chi connectivity index (χ3n) is 3.83. The van der Waals surface area contributed by atoms with Gasteiger partial charge in [-0.05, 0) is 56.3 Å². The molecule has 1 aromatic heterocycles. The van der Waals surface area contributed by atoms with Crippen LogP contribution in [0, 0.1) is 11.8 Å². The van der Waals surface area contributed by atoms with Gasteiger partial charge in [-0.3, -0.25) is 4.90 Å². The number of rotatable bonds is 4. The van der Waals surface area contributed by atoms with E-state index in [0.29, 0.717) is 12.0 Å². The van der Waals surface area contributed by atoms with Crippen LogP contribution in [0.4, 0.5) is 0 Å². The molecule has 1 fully saturated rings. The van der Waals surface area contributed by atoms with Gasteiger partial charge in [0.2, 0.25) is 0 Å². The van der Waals surface area contributed by atoms with E-state index in [-0.39, 0.29) is 0 Å². The molecule has 0 amide bonds.